The summed E-state index contributed by atoms with van der Waals surface area (Å²) in [7, 11) is 0. The lowest BCUT2D eigenvalue weighted by Crippen LogP contribution is -2.50. The van der Waals surface area contributed by atoms with Gasteiger partial charge in [-0.15, -0.1) is 0 Å². The average Bonchev–Trinajstić information content (AvgIpc) is 2.45. The predicted molar refractivity (Wildman–Crippen MR) is 89.0 cm³/mol. The van der Waals surface area contributed by atoms with Crippen LogP contribution in [0.15, 0.2) is 0 Å². The summed E-state index contributed by atoms with van der Waals surface area (Å²) in [6, 6.07) is 1.55. The van der Waals surface area contributed by atoms with Gasteiger partial charge in [0.1, 0.15) is 0 Å². The predicted octanol–water partition coefficient (Wildman–Crippen LogP) is 5.54. The molecule has 2 aliphatic rings. The lowest BCUT2D eigenvalue weighted by molar-refractivity contribution is 0.109. The number of hydrogen-bond acceptors (Lipinski definition) is 1. The number of nitrogens with one attached hydrogen (secondary N) is 1. The van der Waals surface area contributed by atoms with Gasteiger partial charge in [-0.25, -0.2) is 0 Å². The molecule has 1 N–H and O–H groups in total. The number of rotatable bonds is 4. The molecule has 0 heterocycles. The Bertz CT molecular complexity index is 272. The van der Waals surface area contributed by atoms with Crippen molar-refractivity contribution in [3.05, 3.63) is 0 Å². The fourth-order valence-electron chi connectivity index (χ4n) is 4.77. The lowest BCUT2D eigenvalue weighted by Gasteiger charge is -2.44. The van der Waals surface area contributed by atoms with Gasteiger partial charge in [0.05, 0.1) is 0 Å². The Labute approximate surface area is 127 Å². The molecule has 0 radical (unpaired) electrons. The number of hydrogen-bond donors (Lipinski definition) is 1. The average molecular weight is 280 g/mol. The maximum absolute atomic E-state index is 4.13. The van der Waals surface area contributed by atoms with Crippen LogP contribution in [0.25, 0.3) is 0 Å². The van der Waals surface area contributed by atoms with Crippen LogP contribution >= 0.6 is 0 Å². The van der Waals surface area contributed by atoms with Crippen LogP contribution in [0.1, 0.15) is 91.9 Å². The Morgan fingerprint density at radius 2 is 1.50 bits per heavy atom. The maximum atomic E-state index is 4.13. The van der Waals surface area contributed by atoms with Crippen molar-refractivity contribution in [1.29, 1.82) is 0 Å². The van der Waals surface area contributed by atoms with E-state index in [1.54, 1.807) is 0 Å². The molecule has 3 atom stereocenters. The van der Waals surface area contributed by atoms with Gasteiger partial charge in [0, 0.05) is 12.1 Å². The molecule has 118 valence electrons. The summed E-state index contributed by atoms with van der Waals surface area (Å²) in [5, 5.41) is 4.13. The SMILES string of the molecule is CCC(NC1CCCCC1C(C)(C)C)C1CCCCC1. The first kappa shape index (κ1) is 16.3. The summed E-state index contributed by atoms with van der Waals surface area (Å²) in [4.78, 5) is 0. The molecule has 0 aliphatic heterocycles. The topological polar surface area (TPSA) is 12.0 Å². The summed E-state index contributed by atoms with van der Waals surface area (Å²) in [5.41, 5.74) is 0.461. The zero-order chi connectivity index (χ0) is 14.6. The minimum Gasteiger partial charge on any atom is -0.311 e. The van der Waals surface area contributed by atoms with Crippen LogP contribution in [0.3, 0.4) is 0 Å². The largest absolute Gasteiger partial charge is 0.311 e. The second-order valence-corrected chi connectivity index (χ2v) is 8.44. The molecule has 0 aromatic carbocycles. The normalized spacial score (nSPS) is 31.2. The summed E-state index contributed by atoms with van der Waals surface area (Å²) in [6.07, 6.45) is 14.4. The molecular weight excluding hydrogens is 242 g/mol. The zero-order valence-corrected chi connectivity index (χ0v) is 14.4. The standard InChI is InChI=1S/C19H37N/c1-5-17(15-11-7-6-8-12-15)20-18-14-10-9-13-16(18)19(2,3)4/h15-18,20H,5-14H2,1-4H3. The molecule has 1 nitrogen and oxygen atoms in total. The van der Waals surface area contributed by atoms with Crippen molar-refractivity contribution in [2.45, 2.75) is 104 Å². The molecule has 0 spiro atoms. The van der Waals surface area contributed by atoms with Gasteiger partial charge in [0.2, 0.25) is 0 Å². The minimum absolute atomic E-state index is 0.461. The van der Waals surface area contributed by atoms with Gasteiger partial charge in [0.15, 0.2) is 0 Å². The smallest absolute Gasteiger partial charge is 0.0103 e. The van der Waals surface area contributed by atoms with Gasteiger partial charge in [-0.05, 0) is 49.4 Å². The minimum atomic E-state index is 0.461. The summed E-state index contributed by atoms with van der Waals surface area (Å²) in [5.74, 6) is 1.82. The lowest BCUT2D eigenvalue weighted by atomic mass is 9.69. The van der Waals surface area contributed by atoms with Gasteiger partial charge >= 0.3 is 0 Å². The third-order valence-electron chi connectivity index (χ3n) is 5.97. The van der Waals surface area contributed by atoms with E-state index in [-0.39, 0.29) is 0 Å². The summed E-state index contributed by atoms with van der Waals surface area (Å²) >= 11 is 0. The van der Waals surface area contributed by atoms with E-state index in [0.29, 0.717) is 5.41 Å². The van der Waals surface area contributed by atoms with Crippen LogP contribution in [0, 0.1) is 17.3 Å². The van der Waals surface area contributed by atoms with Gasteiger partial charge in [-0.3, -0.25) is 0 Å². The van der Waals surface area contributed by atoms with E-state index < -0.39 is 0 Å². The molecule has 0 bridgehead atoms. The van der Waals surface area contributed by atoms with Crippen LogP contribution < -0.4 is 5.32 Å². The second-order valence-electron chi connectivity index (χ2n) is 8.44. The van der Waals surface area contributed by atoms with E-state index in [2.05, 4.69) is 33.0 Å². The summed E-state index contributed by atoms with van der Waals surface area (Å²) in [6.45, 7) is 9.72. The Kier molecular flexibility index (Phi) is 5.95. The summed E-state index contributed by atoms with van der Waals surface area (Å²) < 4.78 is 0. The van der Waals surface area contributed by atoms with Gasteiger partial charge < -0.3 is 5.32 Å². The van der Waals surface area contributed by atoms with Crippen molar-refractivity contribution in [2.24, 2.45) is 17.3 Å². The molecule has 2 saturated carbocycles. The van der Waals surface area contributed by atoms with Gasteiger partial charge in [-0.1, -0.05) is 59.8 Å². The van der Waals surface area contributed by atoms with Crippen LogP contribution in [-0.4, -0.2) is 12.1 Å². The second kappa shape index (κ2) is 7.29. The molecule has 2 fully saturated rings. The first-order valence-corrected chi connectivity index (χ1v) is 9.28. The molecule has 3 unspecified atom stereocenters. The fourth-order valence-corrected chi connectivity index (χ4v) is 4.77. The van der Waals surface area contributed by atoms with Crippen molar-refractivity contribution < 1.29 is 0 Å². The van der Waals surface area contributed by atoms with Gasteiger partial charge in [0.25, 0.3) is 0 Å². The third kappa shape index (κ3) is 4.23. The quantitative estimate of drug-likeness (QED) is 0.712. The van der Waals surface area contributed by atoms with E-state index >= 15 is 0 Å². The van der Waals surface area contributed by atoms with Crippen LogP contribution in [0.2, 0.25) is 0 Å². The van der Waals surface area contributed by atoms with Gasteiger partial charge in [-0.2, -0.15) is 0 Å². The van der Waals surface area contributed by atoms with Crippen molar-refractivity contribution in [3.63, 3.8) is 0 Å². The van der Waals surface area contributed by atoms with Crippen LogP contribution in [-0.2, 0) is 0 Å². The highest BCUT2D eigenvalue weighted by Gasteiger charge is 2.36. The monoisotopic (exact) mass is 279 g/mol. The van der Waals surface area contributed by atoms with Crippen LogP contribution in [0.5, 0.6) is 0 Å². The van der Waals surface area contributed by atoms with E-state index in [0.717, 1.165) is 23.9 Å². The van der Waals surface area contributed by atoms with Crippen molar-refractivity contribution in [3.8, 4) is 0 Å². The van der Waals surface area contributed by atoms with Crippen LogP contribution in [0.4, 0.5) is 0 Å². The molecule has 2 aliphatic carbocycles. The third-order valence-corrected chi connectivity index (χ3v) is 5.97. The van der Waals surface area contributed by atoms with E-state index in [4.69, 9.17) is 0 Å². The Hall–Kier alpha value is -0.0400. The Morgan fingerprint density at radius 1 is 0.900 bits per heavy atom. The molecular formula is C19H37N. The Morgan fingerprint density at radius 3 is 2.10 bits per heavy atom. The fraction of sp³-hybridized carbons (Fsp3) is 1.00. The highest BCUT2D eigenvalue weighted by molar-refractivity contribution is 4.91. The molecule has 20 heavy (non-hydrogen) atoms. The van der Waals surface area contributed by atoms with Crippen molar-refractivity contribution >= 4 is 0 Å². The molecule has 0 saturated heterocycles. The molecule has 0 aromatic heterocycles. The van der Waals surface area contributed by atoms with E-state index in [1.165, 1.54) is 64.2 Å². The first-order chi connectivity index (χ1) is 9.52. The van der Waals surface area contributed by atoms with E-state index in [1.807, 2.05) is 0 Å². The first-order valence-electron chi connectivity index (χ1n) is 9.28. The zero-order valence-electron chi connectivity index (χ0n) is 14.4. The molecule has 2 rings (SSSR count). The van der Waals surface area contributed by atoms with E-state index in [9.17, 15) is 0 Å². The van der Waals surface area contributed by atoms with Crippen molar-refractivity contribution in [2.75, 3.05) is 0 Å². The van der Waals surface area contributed by atoms with Crippen molar-refractivity contribution in [1.82, 2.24) is 5.32 Å². The molecule has 0 aromatic rings. The molecule has 0 amide bonds. The molecule has 1 heteroatoms. The highest BCUT2D eigenvalue weighted by atomic mass is 15.0. The highest BCUT2D eigenvalue weighted by Crippen LogP contribution is 2.39. The Balaban J connectivity index is 1.97. The maximum Gasteiger partial charge on any atom is 0.0103 e.